The van der Waals surface area contributed by atoms with E-state index < -0.39 is 0 Å². The first kappa shape index (κ1) is 21.3. The van der Waals surface area contributed by atoms with Gasteiger partial charge in [0.05, 0.1) is 11.8 Å². The van der Waals surface area contributed by atoms with Gasteiger partial charge in [0.2, 0.25) is 5.89 Å². The van der Waals surface area contributed by atoms with Gasteiger partial charge in [0.1, 0.15) is 0 Å². The SMILES string of the molecule is Cc1ccc(-c2cnc(-c3ccccc3C(=O)NCCCN3CCN(C)CC3)o2)cc1. The van der Waals surface area contributed by atoms with Crippen LogP contribution in [-0.2, 0) is 0 Å². The van der Waals surface area contributed by atoms with E-state index in [1.165, 1.54) is 5.56 Å². The van der Waals surface area contributed by atoms with E-state index in [1.807, 2.05) is 48.5 Å². The van der Waals surface area contributed by atoms with Crippen LogP contribution in [0.15, 0.2) is 59.1 Å². The standard InChI is InChI=1S/C25H30N4O2/c1-19-8-10-20(11-9-19)23-18-27-25(31-23)22-7-4-3-6-21(22)24(30)26-12-5-13-29-16-14-28(2)15-17-29/h3-4,6-11,18H,5,12-17H2,1-2H3,(H,26,30). The maximum absolute atomic E-state index is 12.8. The molecule has 0 radical (unpaired) electrons. The Morgan fingerprint density at radius 3 is 2.58 bits per heavy atom. The van der Waals surface area contributed by atoms with Gasteiger partial charge in [-0.25, -0.2) is 4.98 Å². The molecule has 0 saturated carbocycles. The van der Waals surface area contributed by atoms with Crippen molar-refractivity contribution in [3.05, 3.63) is 65.9 Å². The van der Waals surface area contributed by atoms with Gasteiger partial charge in [0.25, 0.3) is 5.91 Å². The zero-order valence-corrected chi connectivity index (χ0v) is 18.3. The van der Waals surface area contributed by atoms with E-state index in [0.29, 0.717) is 29.3 Å². The molecule has 0 atom stereocenters. The van der Waals surface area contributed by atoms with Crippen molar-refractivity contribution in [2.75, 3.05) is 46.3 Å². The molecule has 1 fully saturated rings. The normalized spacial score (nSPS) is 15.2. The number of aryl methyl sites for hydroxylation is 1. The van der Waals surface area contributed by atoms with Crippen LogP contribution in [-0.4, -0.2) is 67.0 Å². The quantitative estimate of drug-likeness (QED) is 0.593. The number of oxazole rings is 1. The lowest BCUT2D eigenvalue weighted by molar-refractivity contribution is 0.0950. The topological polar surface area (TPSA) is 61.6 Å². The number of carbonyl (C=O) groups excluding carboxylic acids is 1. The summed E-state index contributed by atoms with van der Waals surface area (Å²) in [5.41, 5.74) is 3.45. The molecule has 1 aliphatic rings. The van der Waals surface area contributed by atoms with Crippen molar-refractivity contribution in [2.24, 2.45) is 0 Å². The molecule has 4 rings (SSSR count). The van der Waals surface area contributed by atoms with Crippen molar-refractivity contribution in [3.8, 4) is 22.8 Å². The first-order valence-corrected chi connectivity index (χ1v) is 10.9. The fourth-order valence-corrected chi connectivity index (χ4v) is 3.79. The largest absolute Gasteiger partial charge is 0.436 e. The van der Waals surface area contributed by atoms with Crippen molar-refractivity contribution in [3.63, 3.8) is 0 Å². The molecule has 3 aromatic rings. The summed E-state index contributed by atoms with van der Waals surface area (Å²) < 4.78 is 6.00. The number of aromatic nitrogens is 1. The number of nitrogens with zero attached hydrogens (tertiary/aromatic N) is 3. The maximum Gasteiger partial charge on any atom is 0.252 e. The molecule has 31 heavy (non-hydrogen) atoms. The zero-order chi connectivity index (χ0) is 21.6. The number of piperazine rings is 1. The first-order chi connectivity index (χ1) is 15.1. The predicted molar refractivity (Wildman–Crippen MR) is 123 cm³/mol. The van der Waals surface area contributed by atoms with E-state index in [9.17, 15) is 4.79 Å². The van der Waals surface area contributed by atoms with E-state index in [-0.39, 0.29) is 5.91 Å². The number of amides is 1. The minimum absolute atomic E-state index is 0.0935. The number of likely N-dealkylation sites (N-methyl/N-ethyl adjacent to an activating group) is 1. The average molecular weight is 419 g/mol. The summed E-state index contributed by atoms with van der Waals surface area (Å²) in [6.07, 6.45) is 2.65. The number of rotatable bonds is 7. The first-order valence-electron chi connectivity index (χ1n) is 10.9. The van der Waals surface area contributed by atoms with Gasteiger partial charge in [0.15, 0.2) is 5.76 Å². The van der Waals surface area contributed by atoms with Crippen LogP contribution >= 0.6 is 0 Å². The Balaban J connectivity index is 1.38. The number of benzene rings is 2. The van der Waals surface area contributed by atoms with E-state index in [4.69, 9.17) is 4.42 Å². The van der Waals surface area contributed by atoms with E-state index in [2.05, 4.69) is 34.1 Å². The Morgan fingerprint density at radius 1 is 1.06 bits per heavy atom. The second-order valence-electron chi connectivity index (χ2n) is 8.20. The summed E-state index contributed by atoms with van der Waals surface area (Å²) in [6.45, 7) is 8.13. The maximum atomic E-state index is 12.8. The second-order valence-corrected chi connectivity index (χ2v) is 8.20. The van der Waals surface area contributed by atoms with Gasteiger partial charge in [-0.1, -0.05) is 42.0 Å². The van der Waals surface area contributed by atoms with Crippen LogP contribution in [0.1, 0.15) is 22.3 Å². The second kappa shape index (κ2) is 9.90. The van der Waals surface area contributed by atoms with Gasteiger partial charge in [-0.2, -0.15) is 0 Å². The number of hydrogen-bond donors (Lipinski definition) is 1. The molecule has 0 aliphatic carbocycles. The Labute approximate surface area is 183 Å². The van der Waals surface area contributed by atoms with Crippen molar-refractivity contribution in [2.45, 2.75) is 13.3 Å². The van der Waals surface area contributed by atoms with Gasteiger partial charge < -0.3 is 19.5 Å². The molecule has 1 aromatic heterocycles. The van der Waals surface area contributed by atoms with Crippen LogP contribution in [0.25, 0.3) is 22.8 Å². The van der Waals surface area contributed by atoms with Gasteiger partial charge in [0, 0.05) is 43.9 Å². The Kier molecular flexibility index (Phi) is 6.79. The molecular formula is C25H30N4O2. The van der Waals surface area contributed by atoms with Crippen molar-refractivity contribution in [1.29, 1.82) is 0 Å². The van der Waals surface area contributed by atoms with Crippen molar-refractivity contribution >= 4 is 5.91 Å². The number of nitrogens with one attached hydrogen (secondary N) is 1. The third-order valence-electron chi connectivity index (χ3n) is 5.78. The summed E-state index contributed by atoms with van der Waals surface area (Å²) in [5.74, 6) is 1.06. The summed E-state index contributed by atoms with van der Waals surface area (Å²) >= 11 is 0. The highest BCUT2D eigenvalue weighted by Crippen LogP contribution is 2.28. The molecule has 1 N–H and O–H groups in total. The van der Waals surface area contributed by atoms with Gasteiger partial charge in [-0.15, -0.1) is 0 Å². The molecule has 1 amide bonds. The van der Waals surface area contributed by atoms with Crippen LogP contribution in [0.3, 0.4) is 0 Å². The van der Waals surface area contributed by atoms with Crippen molar-refractivity contribution in [1.82, 2.24) is 20.1 Å². The summed E-state index contributed by atoms with van der Waals surface area (Å²) in [4.78, 5) is 22.1. The predicted octanol–water partition coefficient (Wildman–Crippen LogP) is 3.68. The monoisotopic (exact) mass is 418 g/mol. The lowest BCUT2D eigenvalue weighted by Gasteiger charge is -2.32. The molecule has 2 heterocycles. The fraction of sp³-hybridized carbons (Fsp3) is 0.360. The third-order valence-corrected chi connectivity index (χ3v) is 5.78. The summed E-state index contributed by atoms with van der Waals surface area (Å²) in [6, 6.07) is 15.6. The van der Waals surface area contributed by atoms with E-state index in [1.54, 1.807) is 6.20 Å². The van der Waals surface area contributed by atoms with Crippen LogP contribution < -0.4 is 5.32 Å². The summed E-state index contributed by atoms with van der Waals surface area (Å²) in [5, 5.41) is 3.06. The summed E-state index contributed by atoms with van der Waals surface area (Å²) in [7, 11) is 2.16. The fourth-order valence-electron chi connectivity index (χ4n) is 3.79. The van der Waals surface area contributed by atoms with E-state index in [0.717, 1.165) is 44.7 Å². The molecule has 0 spiro atoms. The number of carbonyl (C=O) groups is 1. The molecule has 6 nitrogen and oxygen atoms in total. The lowest BCUT2D eigenvalue weighted by atomic mass is 10.1. The molecule has 2 aromatic carbocycles. The van der Waals surface area contributed by atoms with Gasteiger partial charge in [-0.05, 0) is 39.1 Å². The zero-order valence-electron chi connectivity index (χ0n) is 18.3. The molecule has 0 unspecified atom stereocenters. The molecular weight excluding hydrogens is 388 g/mol. The van der Waals surface area contributed by atoms with Crippen LogP contribution in [0.4, 0.5) is 0 Å². The highest BCUT2D eigenvalue weighted by atomic mass is 16.4. The molecule has 1 aliphatic heterocycles. The third kappa shape index (κ3) is 5.40. The Morgan fingerprint density at radius 2 is 1.81 bits per heavy atom. The molecule has 1 saturated heterocycles. The van der Waals surface area contributed by atoms with Gasteiger partial charge >= 0.3 is 0 Å². The highest BCUT2D eigenvalue weighted by Gasteiger charge is 2.17. The average Bonchev–Trinajstić information content (AvgIpc) is 3.28. The van der Waals surface area contributed by atoms with E-state index >= 15 is 0 Å². The van der Waals surface area contributed by atoms with Crippen LogP contribution in [0.5, 0.6) is 0 Å². The Bertz CT molecular complexity index is 1000. The lowest BCUT2D eigenvalue weighted by Crippen LogP contribution is -2.45. The van der Waals surface area contributed by atoms with Gasteiger partial charge in [-0.3, -0.25) is 4.79 Å². The minimum atomic E-state index is -0.0935. The molecule has 0 bridgehead atoms. The molecule has 6 heteroatoms. The van der Waals surface area contributed by atoms with Crippen LogP contribution in [0.2, 0.25) is 0 Å². The smallest absolute Gasteiger partial charge is 0.252 e. The minimum Gasteiger partial charge on any atom is -0.436 e. The van der Waals surface area contributed by atoms with Crippen LogP contribution in [0, 0.1) is 6.92 Å². The molecule has 162 valence electrons. The Hall–Kier alpha value is -2.96. The highest BCUT2D eigenvalue weighted by molar-refractivity contribution is 6.00. The van der Waals surface area contributed by atoms with Crippen molar-refractivity contribution < 1.29 is 9.21 Å². The number of hydrogen-bond acceptors (Lipinski definition) is 5.